The molecule has 8 N–H and O–H groups in total. The number of nitrogens with two attached hydrogens (primary N) is 4. The second-order valence-corrected chi connectivity index (χ2v) is 4.85. The standard InChI is InChI=1S/C10H10N2.C7H10N2/c11-9-5-1-3-7-8(9)4-2-6-10(7)12;1-5-6(8)3-2-4-7(5)9/h1-6H,11-12H2;2-4H,8-9H2,1H3. The van der Waals surface area contributed by atoms with E-state index in [2.05, 4.69) is 0 Å². The van der Waals surface area contributed by atoms with Crippen LogP contribution in [-0.2, 0) is 0 Å². The molecule has 0 aliphatic heterocycles. The fourth-order valence-corrected chi connectivity index (χ4v) is 2.03. The molecule has 0 aliphatic rings. The van der Waals surface area contributed by atoms with Crippen molar-refractivity contribution in [1.82, 2.24) is 0 Å². The molecule has 3 aromatic rings. The summed E-state index contributed by atoms with van der Waals surface area (Å²) in [6.07, 6.45) is 0. The summed E-state index contributed by atoms with van der Waals surface area (Å²) >= 11 is 0. The highest BCUT2D eigenvalue weighted by Gasteiger charge is 1.98. The highest BCUT2D eigenvalue weighted by molar-refractivity contribution is 5.99. The third-order valence-electron chi connectivity index (χ3n) is 3.41. The van der Waals surface area contributed by atoms with Crippen molar-refractivity contribution in [3.05, 3.63) is 60.2 Å². The van der Waals surface area contributed by atoms with Gasteiger partial charge in [0, 0.05) is 33.5 Å². The molecule has 0 saturated heterocycles. The van der Waals surface area contributed by atoms with Gasteiger partial charge in [-0.25, -0.2) is 0 Å². The van der Waals surface area contributed by atoms with Crippen LogP contribution in [0.2, 0.25) is 0 Å². The largest absolute Gasteiger partial charge is 0.398 e. The highest BCUT2D eigenvalue weighted by Crippen LogP contribution is 2.24. The summed E-state index contributed by atoms with van der Waals surface area (Å²) in [6, 6.07) is 17.0. The minimum Gasteiger partial charge on any atom is -0.398 e. The van der Waals surface area contributed by atoms with Crippen LogP contribution in [0.3, 0.4) is 0 Å². The quantitative estimate of drug-likeness (QED) is 0.475. The molecule has 3 rings (SSSR count). The van der Waals surface area contributed by atoms with E-state index < -0.39 is 0 Å². The van der Waals surface area contributed by atoms with E-state index in [1.54, 1.807) is 0 Å². The molecule has 0 fully saturated rings. The van der Waals surface area contributed by atoms with Gasteiger partial charge < -0.3 is 22.9 Å². The van der Waals surface area contributed by atoms with Gasteiger partial charge in [-0.15, -0.1) is 0 Å². The molecule has 4 nitrogen and oxygen atoms in total. The van der Waals surface area contributed by atoms with E-state index in [9.17, 15) is 0 Å². The Labute approximate surface area is 124 Å². The van der Waals surface area contributed by atoms with E-state index in [4.69, 9.17) is 22.9 Å². The summed E-state index contributed by atoms with van der Waals surface area (Å²) in [5.41, 5.74) is 26.7. The zero-order chi connectivity index (χ0) is 15.4. The van der Waals surface area contributed by atoms with Crippen LogP contribution < -0.4 is 22.9 Å². The van der Waals surface area contributed by atoms with Crippen molar-refractivity contribution >= 4 is 33.5 Å². The fourth-order valence-electron chi connectivity index (χ4n) is 2.03. The average Bonchev–Trinajstić information content (AvgIpc) is 2.47. The van der Waals surface area contributed by atoms with Crippen molar-refractivity contribution in [1.29, 1.82) is 0 Å². The number of benzene rings is 3. The second kappa shape index (κ2) is 6.05. The molecule has 3 aromatic carbocycles. The van der Waals surface area contributed by atoms with E-state index in [1.165, 1.54) is 0 Å². The molecule has 21 heavy (non-hydrogen) atoms. The Hall–Kier alpha value is -2.88. The average molecular weight is 280 g/mol. The molecule has 4 heteroatoms. The number of rotatable bonds is 0. The van der Waals surface area contributed by atoms with E-state index in [0.29, 0.717) is 0 Å². The molecule has 0 saturated carbocycles. The van der Waals surface area contributed by atoms with Gasteiger partial charge in [-0.3, -0.25) is 0 Å². The lowest BCUT2D eigenvalue weighted by Gasteiger charge is -2.03. The van der Waals surface area contributed by atoms with E-state index in [-0.39, 0.29) is 0 Å². The van der Waals surface area contributed by atoms with Crippen LogP contribution in [0.1, 0.15) is 5.56 Å². The van der Waals surface area contributed by atoms with Crippen LogP contribution in [-0.4, -0.2) is 0 Å². The Morgan fingerprint density at radius 1 is 0.524 bits per heavy atom. The molecule has 0 radical (unpaired) electrons. The van der Waals surface area contributed by atoms with Crippen molar-refractivity contribution in [2.45, 2.75) is 6.92 Å². The van der Waals surface area contributed by atoms with Crippen molar-refractivity contribution in [3.63, 3.8) is 0 Å². The topological polar surface area (TPSA) is 104 Å². The Morgan fingerprint density at radius 3 is 1.24 bits per heavy atom. The Bertz CT molecular complexity index is 704. The number of hydrogen-bond acceptors (Lipinski definition) is 4. The minimum atomic E-state index is 0.759. The zero-order valence-corrected chi connectivity index (χ0v) is 12.0. The van der Waals surface area contributed by atoms with Crippen LogP contribution in [0.5, 0.6) is 0 Å². The minimum absolute atomic E-state index is 0.759. The summed E-state index contributed by atoms with van der Waals surface area (Å²) in [5.74, 6) is 0. The second-order valence-electron chi connectivity index (χ2n) is 4.85. The summed E-state index contributed by atoms with van der Waals surface area (Å²) < 4.78 is 0. The smallest absolute Gasteiger partial charge is 0.0394 e. The first-order valence-corrected chi connectivity index (χ1v) is 6.64. The first-order valence-electron chi connectivity index (χ1n) is 6.64. The molecule has 0 aliphatic carbocycles. The van der Waals surface area contributed by atoms with Gasteiger partial charge in [-0.2, -0.15) is 0 Å². The van der Waals surface area contributed by atoms with Gasteiger partial charge in [0.15, 0.2) is 0 Å². The molecular formula is C17H20N4. The van der Waals surface area contributed by atoms with Crippen LogP contribution in [0.15, 0.2) is 54.6 Å². The third kappa shape index (κ3) is 3.17. The maximum absolute atomic E-state index is 5.77. The van der Waals surface area contributed by atoms with Gasteiger partial charge in [0.25, 0.3) is 0 Å². The number of anilines is 4. The maximum Gasteiger partial charge on any atom is 0.0394 e. The van der Waals surface area contributed by atoms with Crippen molar-refractivity contribution in [3.8, 4) is 0 Å². The summed E-state index contributed by atoms with van der Waals surface area (Å²) in [6.45, 7) is 1.91. The Kier molecular flexibility index (Phi) is 4.18. The first kappa shape index (κ1) is 14.5. The molecule has 0 bridgehead atoms. The summed E-state index contributed by atoms with van der Waals surface area (Å²) in [7, 11) is 0. The number of nitrogen functional groups attached to an aromatic ring is 4. The highest BCUT2D eigenvalue weighted by atomic mass is 14.6. The summed E-state index contributed by atoms with van der Waals surface area (Å²) in [4.78, 5) is 0. The predicted molar refractivity (Wildman–Crippen MR) is 92.8 cm³/mol. The molecule has 0 amide bonds. The number of fused-ring (bicyclic) bond motifs is 1. The molecule has 0 heterocycles. The van der Waals surface area contributed by atoms with Gasteiger partial charge >= 0.3 is 0 Å². The lowest BCUT2D eigenvalue weighted by atomic mass is 10.1. The van der Waals surface area contributed by atoms with Gasteiger partial charge in [-0.1, -0.05) is 30.3 Å². The number of hydrogen-bond donors (Lipinski definition) is 4. The Balaban J connectivity index is 0.000000161. The molecule has 0 aromatic heterocycles. The van der Waals surface area contributed by atoms with Gasteiger partial charge in [-0.05, 0) is 36.8 Å². The molecule has 0 unspecified atom stereocenters. The fraction of sp³-hybridized carbons (Fsp3) is 0.0588. The Morgan fingerprint density at radius 2 is 0.857 bits per heavy atom. The summed E-state index contributed by atoms with van der Waals surface area (Å²) in [5, 5.41) is 2.05. The van der Waals surface area contributed by atoms with E-state index in [0.717, 1.165) is 39.1 Å². The lowest BCUT2D eigenvalue weighted by molar-refractivity contribution is 1.47. The van der Waals surface area contributed by atoms with Gasteiger partial charge in [0.05, 0.1) is 0 Å². The third-order valence-corrected chi connectivity index (χ3v) is 3.41. The maximum atomic E-state index is 5.77. The van der Waals surface area contributed by atoms with Crippen molar-refractivity contribution in [2.24, 2.45) is 0 Å². The molecule has 0 spiro atoms. The lowest BCUT2D eigenvalue weighted by Crippen LogP contribution is -1.94. The monoisotopic (exact) mass is 280 g/mol. The molecular weight excluding hydrogens is 260 g/mol. The normalized spacial score (nSPS) is 9.95. The first-order chi connectivity index (χ1) is 10.0. The van der Waals surface area contributed by atoms with Crippen LogP contribution >= 0.6 is 0 Å². The molecule has 0 atom stereocenters. The SMILES string of the molecule is Cc1c(N)cccc1N.Nc1cccc2c(N)cccc12. The van der Waals surface area contributed by atoms with Gasteiger partial charge in [0.1, 0.15) is 0 Å². The van der Waals surface area contributed by atoms with E-state index in [1.807, 2.05) is 61.5 Å². The van der Waals surface area contributed by atoms with Crippen LogP contribution in [0.25, 0.3) is 10.8 Å². The van der Waals surface area contributed by atoms with Gasteiger partial charge in [0.2, 0.25) is 0 Å². The van der Waals surface area contributed by atoms with E-state index >= 15 is 0 Å². The molecule has 108 valence electrons. The van der Waals surface area contributed by atoms with Crippen molar-refractivity contribution in [2.75, 3.05) is 22.9 Å². The van der Waals surface area contributed by atoms with Crippen LogP contribution in [0, 0.1) is 6.92 Å². The van der Waals surface area contributed by atoms with Crippen LogP contribution in [0.4, 0.5) is 22.7 Å². The van der Waals surface area contributed by atoms with Crippen molar-refractivity contribution < 1.29 is 0 Å². The zero-order valence-electron chi connectivity index (χ0n) is 12.0. The predicted octanol–water partition coefficient (Wildman–Crippen LogP) is 3.16.